The summed E-state index contributed by atoms with van der Waals surface area (Å²) in [4.78, 5) is 36.2. The van der Waals surface area contributed by atoms with E-state index in [1.165, 1.54) is 0 Å². The van der Waals surface area contributed by atoms with E-state index >= 15 is 0 Å². The van der Waals surface area contributed by atoms with Crippen LogP contribution in [0.25, 0.3) is 11.6 Å². The van der Waals surface area contributed by atoms with E-state index < -0.39 is 0 Å². The smallest absolute Gasteiger partial charge is 0.276 e. The van der Waals surface area contributed by atoms with Gasteiger partial charge in [0.15, 0.2) is 0 Å². The average molecular weight is 485 g/mol. The minimum absolute atomic E-state index is 0.121. The number of methoxy groups -OCH3 is 1. The Balaban J connectivity index is 1.92. The number of ether oxygens (including phenoxy) is 1. The third-order valence-corrected chi connectivity index (χ3v) is 5.87. The third kappa shape index (κ3) is 6.24. The van der Waals surface area contributed by atoms with Gasteiger partial charge in [-0.25, -0.2) is 9.98 Å². The first-order valence-electron chi connectivity index (χ1n) is 11.8. The minimum atomic E-state index is -0.178. The summed E-state index contributed by atoms with van der Waals surface area (Å²) in [6.07, 6.45) is 9.48. The number of fused-ring (bicyclic) bond motifs is 1. The number of aliphatic imine (C=N–C) groups is 1. The van der Waals surface area contributed by atoms with Gasteiger partial charge in [0, 0.05) is 37.0 Å². The van der Waals surface area contributed by atoms with Gasteiger partial charge in [0.05, 0.1) is 18.5 Å². The van der Waals surface area contributed by atoms with Crippen LogP contribution >= 0.6 is 0 Å². The van der Waals surface area contributed by atoms with Crippen LogP contribution in [-0.4, -0.2) is 43.7 Å². The van der Waals surface area contributed by atoms with E-state index in [1.807, 2.05) is 56.3 Å². The number of benzene rings is 1. The summed E-state index contributed by atoms with van der Waals surface area (Å²) in [5.41, 5.74) is 5.49. The lowest BCUT2D eigenvalue weighted by atomic mass is 9.98. The molecule has 1 aliphatic heterocycles. The summed E-state index contributed by atoms with van der Waals surface area (Å²) < 4.78 is 5.18. The van der Waals surface area contributed by atoms with Crippen LogP contribution in [0.4, 0.5) is 5.69 Å². The zero-order valence-corrected chi connectivity index (χ0v) is 21.4. The number of allylic oxidation sites excluding steroid dienone is 4. The molecule has 0 saturated carbocycles. The molecule has 1 aromatic carbocycles. The zero-order valence-electron chi connectivity index (χ0n) is 21.4. The molecule has 0 fully saturated rings. The molecule has 2 aromatic rings. The minimum Gasteiger partial charge on any atom is -0.481 e. The second kappa shape index (κ2) is 12.4. The Morgan fingerprint density at radius 2 is 1.94 bits per heavy atom. The van der Waals surface area contributed by atoms with Crippen molar-refractivity contribution in [3.63, 3.8) is 0 Å². The highest BCUT2D eigenvalue weighted by Crippen LogP contribution is 2.35. The maximum Gasteiger partial charge on any atom is 0.276 e. The van der Waals surface area contributed by atoms with Crippen molar-refractivity contribution in [1.82, 2.24) is 10.3 Å². The van der Waals surface area contributed by atoms with Gasteiger partial charge in [0.25, 0.3) is 5.91 Å². The number of hydrogen-bond donors (Lipinski definition) is 1. The van der Waals surface area contributed by atoms with Crippen molar-refractivity contribution in [1.29, 1.82) is 0 Å². The molecule has 3 rings (SSSR count). The van der Waals surface area contributed by atoms with Gasteiger partial charge in [0.2, 0.25) is 11.8 Å². The lowest BCUT2D eigenvalue weighted by Gasteiger charge is -2.23. The van der Waals surface area contributed by atoms with Crippen LogP contribution in [0.5, 0.6) is 0 Å². The number of aromatic nitrogens is 1. The van der Waals surface area contributed by atoms with Crippen molar-refractivity contribution in [3.8, 4) is 0 Å². The molecule has 0 atom stereocenters. The normalized spacial score (nSPS) is 14.8. The number of pyridine rings is 1. The van der Waals surface area contributed by atoms with Crippen LogP contribution in [0.2, 0.25) is 0 Å². The molecule has 0 aliphatic carbocycles. The number of nitrogens with zero attached hydrogens (tertiary/aromatic N) is 3. The topological polar surface area (TPSA) is 83.9 Å². The Labute approximate surface area is 212 Å². The lowest BCUT2D eigenvalue weighted by molar-refractivity contribution is -0.117. The van der Waals surface area contributed by atoms with Crippen LogP contribution in [0, 0.1) is 0 Å². The first-order valence-corrected chi connectivity index (χ1v) is 11.8. The predicted molar refractivity (Wildman–Crippen MR) is 146 cm³/mol. The van der Waals surface area contributed by atoms with Crippen molar-refractivity contribution in [3.05, 3.63) is 94.7 Å². The van der Waals surface area contributed by atoms with E-state index in [2.05, 4.69) is 15.3 Å². The molecule has 7 nitrogen and oxygen atoms in total. The summed E-state index contributed by atoms with van der Waals surface area (Å²) in [6, 6.07) is 13.2. The summed E-state index contributed by atoms with van der Waals surface area (Å²) in [7, 11) is 3.17. The molecular weight excluding hydrogens is 452 g/mol. The molecule has 2 amide bonds. The number of amides is 2. The summed E-state index contributed by atoms with van der Waals surface area (Å²) in [6.45, 7) is 6.11. The van der Waals surface area contributed by atoms with Gasteiger partial charge in [-0.05, 0) is 62.6 Å². The van der Waals surface area contributed by atoms with Crippen molar-refractivity contribution in [2.45, 2.75) is 27.2 Å². The van der Waals surface area contributed by atoms with Crippen molar-refractivity contribution >= 4 is 35.4 Å². The van der Waals surface area contributed by atoms with Gasteiger partial charge < -0.3 is 15.0 Å². The van der Waals surface area contributed by atoms with Gasteiger partial charge in [0.1, 0.15) is 5.69 Å². The Kier molecular flexibility index (Phi) is 9.11. The molecule has 1 aromatic heterocycles. The number of anilines is 1. The fourth-order valence-corrected chi connectivity index (χ4v) is 3.98. The molecule has 7 heteroatoms. The van der Waals surface area contributed by atoms with E-state index in [1.54, 1.807) is 56.5 Å². The predicted octanol–water partition coefficient (Wildman–Crippen LogP) is 5.19. The Morgan fingerprint density at radius 3 is 2.67 bits per heavy atom. The van der Waals surface area contributed by atoms with Crippen LogP contribution in [0.15, 0.2) is 82.7 Å². The number of likely N-dealkylation sites (N-methyl/N-ethyl adjacent to an activating group) is 1. The number of carbonyl (C=O) groups is 2. The van der Waals surface area contributed by atoms with Gasteiger partial charge in [-0.15, -0.1) is 0 Å². The van der Waals surface area contributed by atoms with Gasteiger partial charge in [-0.3, -0.25) is 9.59 Å². The monoisotopic (exact) mass is 484 g/mol. The number of para-hydroxylation sites is 1. The molecule has 0 saturated heterocycles. The van der Waals surface area contributed by atoms with E-state index in [-0.39, 0.29) is 11.8 Å². The van der Waals surface area contributed by atoms with Crippen LogP contribution < -0.4 is 10.2 Å². The highest BCUT2D eigenvalue weighted by atomic mass is 16.5. The fourth-order valence-electron chi connectivity index (χ4n) is 3.98. The van der Waals surface area contributed by atoms with E-state index in [9.17, 15) is 9.59 Å². The number of hydrogen-bond acceptors (Lipinski definition) is 5. The molecule has 36 heavy (non-hydrogen) atoms. The molecular formula is C29H32N4O3. The second-order valence-corrected chi connectivity index (χ2v) is 8.18. The maximum absolute atomic E-state index is 13.7. The lowest BCUT2D eigenvalue weighted by Crippen LogP contribution is -2.32. The number of carbonyl (C=O) groups excluding carboxylic acids is 2. The number of nitrogens with one attached hydrogen (secondary N) is 1. The van der Waals surface area contributed by atoms with Gasteiger partial charge in [-0.2, -0.15) is 0 Å². The maximum atomic E-state index is 13.7. The van der Waals surface area contributed by atoms with Crippen molar-refractivity contribution in [2.75, 3.05) is 25.6 Å². The summed E-state index contributed by atoms with van der Waals surface area (Å²) in [5, 5.41) is 2.66. The highest BCUT2D eigenvalue weighted by Gasteiger charge is 2.25. The molecule has 0 radical (unpaired) electrons. The average Bonchev–Trinajstić information content (AvgIpc) is 3.04. The van der Waals surface area contributed by atoms with E-state index in [4.69, 9.17) is 4.74 Å². The summed E-state index contributed by atoms with van der Waals surface area (Å²) in [5.74, 6) is 0.174. The molecule has 2 heterocycles. The Morgan fingerprint density at radius 1 is 1.17 bits per heavy atom. The molecule has 1 aliphatic rings. The highest BCUT2D eigenvalue weighted by molar-refractivity contribution is 6.07. The van der Waals surface area contributed by atoms with Gasteiger partial charge in [-0.1, -0.05) is 36.4 Å². The quantitative estimate of drug-likeness (QED) is 0.254. The van der Waals surface area contributed by atoms with Crippen LogP contribution in [0.3, 0.4) is 0 Å². The SMILES string of the molecule is C\C=N/C(=C\C=C\c1cccc(C(=O)N2CCC(/C=C(\C)C(=O)NC)=C(C)c3ccccc32)n1)OC. The Hall–Kier alpha value is -4.26. The second-order valence-electron chi connectivity index (χ2n) is 8.18. The molecule has 0 bridgehead atoms. The Bertz CT molecular complexity index is 1280. The van der Waals surface area contributed by atoms with Crippen LogP contribution in [-0.2, 0) is 9.53 Å². The fraction of sp³-hybridized carbons (Fsp3) is 0.241. The largest absolute Gasteiger partial charge is 0.481 e. The standard InChI is InChI=1S/C29H32N4O3/c1-6-31-27(36-5)16-10-12-23-11-9-14-25(32-23)29(35)33-18-17-22(19-20(2)28(34)30-4)21(3)24-13-7-8-15-26(24)33/h6-16,19H,17-18H2,1-5H3,(H,30,34)/b12-10+,20-19+,27-16+,31-6-. The summed E-state index contributed by atoms with van der Waals surface area (Å²) >= 11 is 0. The molecule has 0 unspecified atom stereocenters. The molecule has 0 spiro atoms. The first kappa shape index (κ1) is 26.3. The van der Waals surface area contributed by atoms with E-state index in [0.717, 1.165) is 22.4 Å². The van der Waals surface area contributed by atoms with Gasteiger partial charge >= 0.3 is 0 Å². The third-order valence-electron chi connectivity index (χ3n) is 5.87. The molecule has 1 N–H and O–H groups in total. The van der Waals surface area contributed by atoms with E-state index in [0.29, 0.717) is 35.8 Å². The zero-order chi connectivity index (χ0) is 26.1. The first-order chi connectivity index (χ1) is 17.4. The van der Waals surface area contributed by atoms with Crippen LogP contribution in [0.1, 0.15) is 48.9 Å². The van der Waals surface area contributed by atoms with Crippen molar-refractivity contribution < 1.29 is 14.3 Å². The van der Waals surface area contributed by atoms with Crippen molar-refractivity contribution in [2.24, 2.45) is 4.99 Å². The number of rotatable bonds is 7. The molecule has 186 valence electrons.